The summed E-state index contributed by atoms with van der Waals surface area (Å²) in [6, 6.07) is 7.60. The fourth-order valence-electron chi connectivity index (χ4n) is 6.65. The van der Waals surface area contributed by atoms with Crippen LogP contribution in [0.3, 0.4) is 0 Å². The number of rotatable bonds is 8. The maximum atomic E-state index is 13.9. The topological polar surface area (TPSA) is 144 Å². The molecule has 1 aromatic heterocycles. The molecular weight excluding hydrogens is 498 g/mol. The number of nitrogens with zero attached hydrogens (tertiary/aromatic N) is 1. The minimum Gasteiger partial charge on any atom is -0.381 e. The maximum Gasteiger partial charge on any atom is 0.271 e. The highest BCUT2D eigenvalue weighted by Gasteiger charge is 2.50. The molecule has 2 saturated heterocycles. The van der Waals surface area contributed by atoms with E-state index in [0.717, 1.165) is 36.6 Å². The van der Waals surface area contributed by atoms with Crippen molar-refractivity contribution in [3.63, 3.8) is 0 Å². The van der Waals surface area contributed by atoms with Crippen molar-refractivity contribution >= 4 is 34.5 Å². The third kappa shape index (κ3) is 5.66. The molecule has 4 unspecified atom stereocenters. The Morgan fingerprint density at radius 2 is 1.90 bits per heavy atom. The van der Waals surface area contributed by atoms with E-state index < -0.39 is 30.0 Å². The summed E-state index contributed by atoms with van der Waals surface area (Å²) in [5.74, 6) is -1.53. The normalized spacial score (nSPS) is 26.3. The predicted octanol–water partition coefficient (Wildman–Crippen LogP) is 1.70. The van der Waals surface area contributed by atoms with Crippen molar-refractivity contribution < 1.29 is 24.3 Å². The molecule has 5 rings (SSSR count). The first-order chi connectivity index (χ1) is 18.7. The van der Waals surface area contributed by atoms with Crippen LogP contribution in [0, 0.1) is 17.8 Å². The van der Waals surface area contributed by atoms with E-state index in [1.54, 1.807) is 18.7 Å². The average molecular weight is 538 g/mol. The summed E-state index contributed by atoms with van der Waals surface area (Å²) >= 11 is 0. The second-order valence-electron chi connectivity index (χ2n) is 11.6. The van der Waals surface area contributed by atoms with Gasteiger partial charge in [0.1, 0.15) is 11.7 Å². The molecular formula is C29H39N5O5. The van der Waals surface area contributed by atoms with Crippen LogP contribution in [-0.4, -0.2) is 75.9 Å². The molecule has 210 valence electrons. The summed E-state index contributed by atoms with van der Waals surface area (Å²) in [6.45, 7) is 4.67. The van der Waals surface area contributed by atoms with Gasteiger partial charge in [-0.05, 0) is 69.9 Å². The van der Waals surface area contributed by atoms with Crippen molar-refractivity contribution in [1.82, 2.24) is 25.8 Å². The summed E-state index contributed by atoms with van der Waals surface area (Å²) in [7, 11) is 0. The van der Waals surface area contributed by atoms with Gasteiger partial charge in [0.05, 0.1) is 6.04 Å². The number of aromatic amines is 1. The Labute approximate surface area is 228 Å². The minimum absolute atomic E-state index is 0.0126. The minimum atomic E-state index is -1.52. The van der Waals surface area contributed by atoms with Crippen LogP contribution in [0.25, 0.3) is 10.9 Å². The molecule has 0 spiro atoms. The lowest BCUT2D eigenvalue weighted by atomic mass is 9.88. The molecule has 0 bridgehead atoms. The summed E-state index contributed by atoms with van der Waals surface area (Å²) < 4.78 is 0. The van der Waals surface area contributed by atoms with Gasteiger partial charge in [-0.2, -0.15) is 0 Å². The quantitative estimate of drug-likeness (QED) is 0.348. The standard InChI is InChI=1S/C29H39N5O5/c1-16(2)31-28(38)25(35)22(14-18-9-6-12-30-26(18)36)33-27(37)24-20-10-5-8-19(20)15-34(24)29(39)23-13-17-7-3-4-11-21(17)32-23/h3-4,7,11,13,16,18-20,22,24-25,32,35H,5-6,8-10,12,14-15H2,1-2H3,(H,30,36)(H,31,38)(H,33,37)/t18-,19?,20?,22-,24?,25?/m0/s1. The lowest BCUT2D eigenvalue weighted by Gasteiger charge is -2.32. The zero-order valence-corrected chi connectivity index (χ0v) is 22.6. The Balaban J connectivity index is 1.39. The van der Waals surface area contributed by atoms with Crippen LogP contribution in [0.2, 0.25) is 0 Å². The predicted molar refractivity (Wildman–Crippen MR) is 146 cm³/mol. The van der Waals surface area contributed by atoms with Gasteiger partial charge >= 0.3 is 0 Å². The summed E-state index contributed by atoms with van der Waals surface area (Å²) in [5.41, 5.74) is 1.28. The third-order valence-corrected chi connectivity index (χ3v) is 8.53. The van der Waals surface area contributed by atoms with Gasteiger partial charge in [-0.3, -0.25) is 19.2 Å². The number of piperidine rings is 1. The van der Waals surface area contributed by atoms with Crippen molar-refractivity contribution in [2.75, 3.05) is 13.1 Å². The zero-order chi connectivity index (χ0) is 27.7. The van der Waals surface area contributed by atoms with Crippen molar-refractivity contribution in [3.05, 3.63) is 36.0 Å². The molecule has 5 N–H and O–H groups in total. The van der Waals surface area contributed by atoms with Crippen molar-refractivity contribution in [2.45, 2.75) is 76.6 Å². The fraction of sp³-hybridized carbons (Fsp3) is 0.586. The van der Waals surface area contributed by atoms with Gasteiger partial charge in [0, 0.05) is 36.0 Å². The van der Waals surface area contributed by atoms with Crippen LogP contribution in [-0.2, 0) is 14.4 Å². The van der Waals surface area contributed by atoms with Crippen LogP contribution in [0.15, 0.2) is 30.3 Å². The number of fused-ring (bicyclic) bond motifs is 2. The van der Waals surface area contributed by atoms with E-state index in [-0.39, 0.29) is 42.0 Å². The molecule has 3 heterocycles. The Bertz CT molecular complexity index is 1210. The first-order valence-corrected chi connectivity index (χ1v) is 14.2. The molecule has 2 aliphatic heterocycles. The number of aliphatic hydroxyl groups excluding tert-OH is 1. The molecule has 10 nitrogen and oxygen atoms in total. The van der Waals surface area contributed by atoms with Gasteiger partial charge in [0.2, 0.25) is 11.8 Å². The Hall–Kier alpha value is -3.40. The second-order valence-corrected chi connectivity index (χ2v) is 11.6. The van der Waals surface area contributed by atoms with E-state index in [1.165, 1.54) is 0 Å². The molecule has 10 heteroatoms. The SMILES string of the molecule is CC(C)NC(=O)C(O)[C@H](C[C@@H]1CCCNC1=O)NC(=O)C1C2CCCC2CN1C(=O)c1cc2ccccc2[nH]1. The molecule has 3 aliphatic rings. The van der Waals surface area contributed by atoms with E-state index >= 15 is 0 Å². The number of H-pyrrole nitrogens is 1. The number of carbonyl (C=O) groups excluding carboxylic acids is 4. The van der Waals surface area contributed by atoms with Crippen LogP contribution in [0.5, 0.6) is 0 Å². The molecule has 39 heavy (non-hydrogen) atoms. The lowest BCUT2D eigenvalue weighted by Crippen LogP contribution is -2.57. The number of para-hydroxylation sites is 1. The lowest BCUT2D eigenvalue weighted by molar-refractivity contribution is -0.136. The fourth-order valence-corrected chi connectivity index (χ4v) is 6.65. The van der Waals surface area contributed by atoms with Gasteiger partial charge in [0.15, 0.2) is 6.10 Å². The number of benzene rings is 1. The smallest absolute Gasteiger partial charge is 0.271 e. The summed E-state index contributed by atoms with van der Waals surface area (Å²) in [5, 5.41) is 20.4. The molecule has 2 aromatic rings. The first-order valence-electron chi connectivity index (χ1n) is 14.2. The van der Waals surface area contributed by atoms with E-state index in [4.69, 9.17) is 0 Å². The highest BCUT2D eigenvalue weighted by atomic mass is 16.3. The van der Waals surface area contributed by atoms with Gasteiger partial charge in [-0.15, -0.1) is 0 Å². The maximum absolute atomic E-state index is 13.9. The van der Waals surface area contributed by atoms with E-state index in [9.17, 15) is 24.3 Å². The first kappa shape index (κ1) is 27.2. The molecule has 6 atom stereocenters. The van der Waals surface area contributed by atoms with Crippen LogP contribution >= 0.6 is 0 Å². The zero-order valence-electron chi connectivity index (χ0n) is 22.6. The monoisotopic (exact) mass is 537 g/mol. The van der Waals surface area contributed by atoms with E-state index in [1.807, 2.05) is 30.3 Å². The largest absolute Gasteiger partial charge is 0.381 e. The van der Waals surface area contributed by atoms with Crippen molar-refractivity contribution in [3.8, 4) is 0 Å². The number of amides is 4. The summed E-state index contributed by atoms with van der Waals surface area (Å²) in [6.07, 6.45) is 2.83. The van der Waals surface area contributed by atoms with Crippen LogP contribution in [0.1, 0.15) is 62.9 Å². The van der Waals surface area contributed by atoms with E-state index in [0.29, 0.717) is 25.2 Å². The van der Waals surface area contributed by atoms with Gasteiger partial charge < -0.3 is 30.9 Å². The molecule has 0 radical (unpaired) electrons. The number of hydrogen-bond acceptors (Lipinski definition) is 5. The highest BCUT2D eigenvalue weighted by molar-refractivity contribution is 6.00. The highest BCUT2D eigenvalue weighted by Crippen LogP contribution is 2.43. The summed E-state index contributed by atoms with van der Waals surface area (Å²) in [4.78, 5) is 57.8. The molecule has 1 saturated carbocycles. The number of nitrogens with one attached hydrogen (secondary N) is 4. The van der Waals surface area contributed by atoms with E-state index in [2.05, 4.69) is 20.9 Å². The van der Waals surface area contributed by atoms with Gasteiger partial charge in [0.25, 0.3) is 11.8 Å². The number of carbonyl (C=O) groups is 4. The molecule has 4 amide bonds. The van der Waals surface area contributed by atoms with Crippen LogP contribution < -0.4 is 16.0 Å². The number of aromatic nitrogens is 1. The Morgan fingerprint density at radius 1 is 1.10 bits per heavy atom. The Kier molecular flexibility index (Phi) is 7.93. The van der Waals surface area contributed by atoms with Crippen molar-refractivity contribution in [2.24, 2.45) is 17.8 Å². The Morgan fingerprint density at radius 3 is 2.64 bits per heavy atom. The number of hydrogen-bond donors (Lipinski definition) is 5. The molecule has 1 aromatic carbocycles. The number of aliphatic hydroxyl groups is 1. The second kappa shape index (κ2) is 11.4. The molecule has 1 aliphatic carbocycles. The van der Waals surface area contributed by atoms with Gasteiger partial charge in [-0.1, -0.05) is 24.6 Å². The average Bonchev–Trinajstić information content (AvgIpc) is 3.62. The van der Waals surface area contributed by atoms with Crippen LogP contribution in [0.4, 0.5) is 0 Å². The van der Waals surface area contributed by atoms with Crippen molar-refractivity contribution in [1.29, 1.82) is 0 Å². The number of likely N-dealkylation sites (tertiary alicyclic amines) is 1. The van der Waals surface area contributed by atoms with Gasteiger partial charge in [-0.25, -0.2) is 0 Å². The molecule has 3 fully saturated rings. The third-order valence-electron chi connectivity index (χ3n) is 8.53.